The maximum atomic E-state index is 6.00. The van der Waals surface area contributed by atoms with Gasteiger partial charge in [-0.1, -0.05) is 11.6 Å². The molecule has 0 amide bonds. The number of fused-ring (bicyclic) bond motifs is 1. The minimum Gasteiger partial charge on any atom is -0.336 e. The molecule has 1 aliphatic rings. The molecule has 20 heavy (non-hydrogen) atoms. The monoisotopic (exact) mass is 293 g/mol. The molecule has 6 heteroatoms. The Labute approximate surface area is 123 Å². The normalized spacial score (nSPS) is 19.7. The summed E-state index contributed by atoms with van der Waals surface area (Å²) < 4.78 is 1.77. The highest BCUT2D eigenvalue weighted by atomic mass is 35.5. The van der Waals surface area contributed by atoms with E-state index in [0.29, 0.717) is 11.1 Å². The first-order valence-electron chi connectivity index (χ1n) is 7.21. The molecule has 1 atom stereocenters. The van der Waals surface area contributed by atoms with Crippen LogP contribution < -0.4 is 10.2 Å². The summed E-state index contributed by atoms with van der Waals surface area (Å²) in [7, 11) is 2.00. The Balaban J connectivity index is 1.86. The van der Waals surface area contributed by atoms with Crippen molar-refractivity contribution in [2.24, 2.45) is 0 Å². The lowest BCUT2D eigenvalue weighted by atomic mass is 10.00. The van der Waals surface area contributed by atoms with Crippen molar-refractivity contribution in [3.63, 3.8) is 0 Å². The molecule has 0 bridgehead atoms. The fourth-order valence-corrected chi connectivity index (χ4v) is 3.00. The van der Waals surface area contributed by atoms with Gasteiger partial charge in [0.05, 0.1) is 5.02 Å². The fourth-order valence-electron chi connectivity index (χ4n) is 2.84. The Bertz CT molecular complexity index is 582. The lowest BCUT2D eigenvalue weighted by Gasteiger charge is -2.35. The lowest BCUT2D eigenvalue weighted by Crippen LogP contribution is -2.41. The topological polar surface area (TPSA) is 45.5 Å². The molecule has 5 nitrogen and oxygen atoms in total. The van der Waals surface area contributed by atoms with Crippen LogP contribution in [0.1, 0.15) is 25.7 Å². The summed E-state index contributed by atoms with van der Waals surface area (Å²) >= 11 is 6.00. The maximum absolute atomic E-state index is 6.00. The molecule has 3 heterocycles. The molecule has 3 rings (SSSR count). The number of pyridine rings is 1. The first kappa shape index (κ1) is 13.6. The van der Waals surface area contributed by atoms with E-state index in [-0.39, 0.29) is 0 Å². The quantitative estimate of drug-likeness (QED) is 0.940. The van der Waals surface area contributed by atoms with Crippen molar-refractivity contribution in [3.05, 3.63) is 23.4 Å². The second-order valence-electron chi connectivity index (χ2n) is 5.30. The first-order chi connectivity index (χ1) is 9.78. The molecular formula is C14H20ClN5. The largest absolute Gasteiger partial charge is 0.336 e. The van der Waals surface area contributed by atoms with Gasteiger partial charge in [-0.05, 0) is 51.4 Å². The molecule has 1 saturated heterocycles. The average Bonchev–Trinajstić information content (AvgIpc) is 2.88. The third-order valence-corrected chi connectivity index (χ3v) is 4.12. The summed E-state index contributed by atoms with van der Waals surface area (Å²) in [6, 6.07) is 4.29. The van der Waals surface area contributed by atoms with Crippen molar-refractivity contribution in [2.75, 3.05) is 25.0 Å². The molecule has 108 valence electrons. The highest BCUT2D eigenvalue weighted by molar-refractivity contribution is 6.30. The number of anilines is 1. The molecule has 1 unspecified atom stereocenters. The minimum atomic E-state index is 0.532. The third-order valence-electron chi connectivity index (χ3n) is 3.90. The zero-order valence-electron chi connectivity index (χ0n) is 11.7. The Morgan fingerprint density at radius 3 is 3.15 bits per heavy atom. The molecular weight excluding hydrogens is 274 g/mol. The molecule has 2 aromatic heterocycles. The molecule has 0 saturated carbocycles. The van der Waals surface area contributed by atoms with Crippen LogP contribution in [0.5, 0.6) is 0 Å². The van der Waals surface area contributed by atoms with Crippen molar-refractivity contribution < 1.29 is 0 Å². The molecule has 0 aliphatic carbocycles. The van der Waals surface area contributed by atoms with Crippen LogP contribution in [0, 0.1) is 0 Å². The lowest BCUT2D eigenvalue weighted by molar-refractivity contribution is 0.427. The number of rotatable bonds is 4. The van der Waals surface area contributed by atoms with E-state index in [0.717, 1.165) is 31.1 Å². The van der Waals surface area contributed by atoms with Crippen molar-refractivity contribution >= 4 is 23.2 Å². The highest BCUT2D eigenvalue weighted by Gasteiger charge is 2.25. The third kappa shape index (κ3) is 2.74. The minimum absolute atomic E-state index is 0.532. The van der Waals surface area contributed by atoms with E-state index < -0.39 is 0 Å². The van der Waals surface area contributed by atoms with Gasteiger partial charge in [-0.3, -0.25) is 0 Å². The predicted octanol–water partition coefficient (Wildman–Crippen LogP) is 2.35. The summed E-state index contributed by atoms with van der Waals surface area (Å²) in [4.78, 5) is 6.98. The predicted molar refractivity (Wildman–Crippen MR) is 81.5 cm³/mol. The van der Waals surface area contributed by atoms with Gasteiger partial charge in [0.15, 0.2) is 5.65 Å². The standard InChI is InChI=1S/C14H20ClN5/c1-16-8-7-12-4-2-3-9-19(12)14-17-13-6-5-11(15)10-20(13)18-14/h5-6,10,12,16H,2-4,7-9H2,1H3. The van der Waals surface area contributed by atoms with E-state index >= 15 is 0 Å². The Hall–Kier alpha value is -1.33. The number of hydrogen-bond acceptors (Lipinski definition) is 4. The van der Waals surface area contributed by atoms with Crippen LogP contribution in [-0.4, -0.2) is 40.8 Å². The van der Waals surface area contributed by atoms with E-state index in [4.69, 9.17) is 11.6 Å². The van der Waals surface area contributed by atoms with Crippen molar-refractivity contribution in [3.8, 4) is 0 Å². The van der Waals surface area contributed by atoms with Crippen LogP contribution in [0.4, 0.5) is 5.95 Å². The molecule has 1 aliphatic heterocycles. The summed E-state index contributed by atoms with van der Waals surface area (Å²) in [5.41, 5.74) is 0.849. The Kier molecular flexibility index (Phi) is 4.08. The number of hydrogen-bond donors (Lipinski definition) is 1. The number of nitrogens with zero attached hydrogens (tertiary/aromatic N) is 4. The van der Waals surface area contributed by atoms with Crippen molar-refractivity contribution in [1.29, 1.82) is 0 Å². The Morgan fingerprint density at radius 1 is 1.40 bits per heavy atom. The van der Waals surface area contributed by atoms with E-state index in [1.165, 1.54) is 19.3 Å². The smallest absolute Gasteiger partial charge is 0.245 e. The Morgan fingerprint density at radius 2 is 2.30 bits per heavy atom. The van der Waals surface area contributed by atoms with Gasteiger partial charge in [0, 0.05) is 18.8 Å². The number of nitrogens with one attached hydrogen (secondary N) is 1. The molecule has 0 radical (unpaired) electrons. The van der Waals surface area contributed by atoms with Gasteiger partial charge in [0.1, 0.15) is 0 Å². The zero-order valence-corrected chi connectivity index (χ0v) is 12.5. The van der Waals surface area contributed by atoms with Gasteiger partial charge in [0.2, 0.25) is 5.95 Å². The van der Waals surface area contributed by atoms with Gasteiger partial charge < -0.3 is 10.2 Å². The molecule has 1 fully saturated rings. The van der Waals surface area contributed by atoms with Crippen LogP contribution >= 0.6 is 11.6 Å². The van der Waals surface area contributed by atoms with E-state index in [1.807, 2.05) is 19.2 Å². The van der Waals surface area contributed by atoms with E-state index in [1.54, 1.807) is 10.7 Å². The van der Waals surface area contributed by atoms with E-state index in [9.17, 15) is 0 Å². The fraction of sp³-hybridized carbons (Fsp3) is 0.571. The van der Waals surface area contributed by atoms with Crippen molar-refractivity contribution in [2.45, 2.75) is 31.7 Å². The van der Waals surface area contributed by atoms with E-state index in [2.05, 4.69) is 20.3 Å². The summed E-state index contributed by atoms with van der Waals surface area (Å²) in [5.74, 6) is 0.827. The molecule has 2 aromatic rings. The second-order valence-corrected chi connectivity index (χ2v) is 5.73. The second kappa shape index (κ2) is 5.97. The van der Waals surface area contributed by atoms with Crippen LogP contribution in [-0.2, 0) is 0 Å². The van der Waals surface area contributed by atoms with Gasteiger partial charge in [0.25, 0.3) is 0 Å². The molecule has 0 aromatic carbocycles. The number of aromatic nitrogens is 3. The van der Waals surface area contributed by atoms with Gasteiger partial charge in [-0.25, -0.2) is 4.52 Å². The van der Waals surface area contributed by atoms with Crippen LogP contribution in [0.3, 0.4) is 0 Å². The zero-order chi connectivity index (χ0) is 13.9. The maximum Gasteiger partial charge on any atom is 0.245 e. The van der Waals surface area contributed by atoms with Gasteiger partial charge in [-0.2, -0.15) is 4.98 Å². The highest BCUT2D eigenvalue weighted by Crippen LogP contribution is 2.24. The SMILES string of the molecule is CNCCC1CCCCN1c1nc2ccc(Cl)cn2n1. The average molecular weight is 294 g/mol. The van der Waals surface area contributed by atoms with Gasteiger partial charge in [-0.15, -0.1) is 5.10 Å². The van der Waals surface area contributed by atoms with Gasteiger partial charge >= 0.3 is 0 Å². The van der Waals surface area contributed by atoms with Crippen molar-refractivity contribution in [1.82, 2.24) is 19.9 Å². The van der Waals surface area contributed by atoms with Crippen LogP contribution in [0.25, 0.3) is 5.65 Å². The number of piperidine rings is 1. The van der Waals surface area contributed by atoms with Crippen LogP contribution in [0.2, 0.25) is 5.02 Å². The molecule has 1 N–H and O–H groups in total. The summed E-state index contributed by atoms with van der Waals surface area (Å²) in [5, 5.41) is 8.49. The first-order valence-corrected chi connectivity index (χ1v) is 7.59. The number of halogens is 1. The van der Waals surface area contributed by atoms with Crippen LogP contribution in [0.15, 0.2) is 18.3 Å². The summed E-state index contributed by atoms with van der Waals surface area (Å²) in [6.07, 6.45) is 6.67. The molecule has 0 spiro atoms. The summed E-state index contributed by atoms with van der Waals surface area (Å²) in [6.45, 7) is 2.07.